The Morgan fingerprint density at radius 3 is 2.96 bits per heavy atom. The minimum absolute atomic E-state index is 0.139. The molecular formula is C19H28FN3O3. The van der Waals surface area contributed by atoms with Crippen molar-refractivity contribution in [2.24, 2.45) is 10.9 Å². The first kappa shape index (κ1) is 20.2. The van der Waals surface area contributed by atoms with E-state index in [0.717, 1.165) is 30.9 Å². The molecule has 1 heterocycles. The number of carbonyl (C=O) groups excluding carboxylic acids is 1. The van der Waals surface area contributed by atoms with Crippen LogP contribution in [0.25, 0.3) is 0 Å². The van der Waals surface area contributed by atoms with Crippen LogP contribution in [0.2, 0.25) is 0 Å². The standard InChI is InChI=1S/C19H28FN3O3/c1-3-21-19(22-11-14-7-8-17(20)16(10-14)13-24)23-9-5-6-15(12-23)18(25)26-4-2/h7-8,10,15,24H,3-6,9,11-13H2,1-2H3,(H,21,22). The lowest BCUT2D eigenvalue weighted by molar-refractivity contribution is -0.149. The Bertz CT molecular complexity index is 636. The molecular weight excluding hydrogens is 337 g/mol. The van der Waals surface area contributed by atoms with E-state index in [-0.39, 0.29) is 24.1 Å². The lowest BCUT2D eigenvalue weighted by Gasteiger charge is -2.34. The summed E-state index contributed by atoms with van der Waals surface area (Å²) in [7, 11) is 0. The van der Waals surface area contributed by atoms with Gasteiger partial charge in [-0.1, -0.05) is 6.07 Å². The maximum atomic E-state index is 13.5. The van der Waals surface area contributed by atoms with Gasteiger partial charge in [0.2, 0.25) is 0 Å². The number of piperidine rings is 1. The number of benzene rings is 1. The summed E-state index contributed by atoms with van der Waals surface area (Å²) in [5, 5.41) is 12.4. The Kier molecular flexibility index (Phi) is 7.84. The molecule has 0 amide bonds. The van der Waals surface area contributed by atoms with Crippen LogP contribution in [-0.4, -0.2) is 48.2 Å². The molecule has 1 aliphatic rings. The molecule has 0 radical (unpaired) electrons. The molecule has 1 aliphatic heterocycles. The molecule has 2 N–H and O–H groups in total. The third-order valence-electron chi connectivity index (χ3n) is 4.37. The molecule has 1 aromatic rings. The van der Waals surface area contributed by atoms with Crippen molar-refractivity contribution in [3.63, 3.8) is 0 Å². The smallest absolute Gasteiger partial charge is 0.310 e. The van der Waals surface area contributed by atoms with E-state index in [9.17, 15) is 14.3 Å². The van der Waals surface area contributed by atoms with Crippen LogP contribution in [0, 0.1) is 11.7 Å². The average Bonchev–Trinajstić information content (AvgIpc) is 2.66. The van der Waals surface area contributed by atoms with E-state index in [2.05, 4.69) is 15.2 Å². The lowest BCUT2D eigenvalue weighted by Crippen LogP contribution is -2.48. The number of hydrogen-bond acceptors (Lipinski definition) is 4. The van der Waals surface area contributed by atoms with Crippen molar-refractivity contribution in [1.82, 2.24) is 10.2 Å². The molecule has 1 saturated heterocycles. The van der Waals surface area contributed by atoms with Gasteiger partial charge in [-0.25, -0.2) is 9.38 Å². The number of carbonyl (C=O) groups is 1. The number of aliphatic hydroxyl groups excluding tert-OH is 1. The number of halogens is 1. The minimum atomic E-state index is -0.416. The lowest BCUT2D eigenvalue weighted by atomic mass is 9.98. The monoisotopic (exact) mass is 365 g/mol. The summed E-state index contributed by atoms with van der Waals surface area (Å²) in [5.74, 6) is 0.0235. The highest BCUT2D eigenvalue weighted by Crippen LogP contribution is 2.18. The number of esters is 1. The van der Waals surface area contributed by atoms with Crippen molar-refractivity contribution in [2.75, 3.05) is 26.2 Å². The largest absolute Gasteiger partial charge is 0.466 e. The van der Waals surface area contributed by atoms with E-state index in [1.54, 1.807) is 12.1 Å². The van der Waals surface area contributed by atoms with Crippen molar-refractivity contribution in [2.45, 2.75) is 39.8 Å². The zero-order valence-corrected chi connectivity index (χ0v) is 15.5. The van der Waals surface area contributed by atoms with Gasteiger partial charge in [-0.15, -0.1) is 0 Å². The molecule has 0 aromatic heterocycles. The van der Waals surface area contributed by atoms with Crippen LogP contribution in [0.1, 0.15) is 37.8 Å². The summed E-state index contributed by atoms with van der Waals surface area (Å²) < 4.78 is 18.7. The van der Waals surface area contributed by atoms with E-state index in [4.69, 9.17) is 4.74 Å². The second kappa shape index (κ2) is 10.1. The number of nitrogens with one attached hydrogen (secondary N) is 1. The number of ether oxygens (including phenoxy) is 1. The van der Waals surface area contributed by atoms with Gasteiger partial charge in [0, 0.05) is 25.2 Å². The molecule has 144 valence electrons. The molecule has 0 spiro atoms. The fourth-order valence-corrected chi connectivity index (χ4v) is 3.06. The Labute approximate surface area is 154 Å². The highest BCUT2D eigenvalue weighted by molar-refractivity contribution is 5.81. The number of aliphatic imine (C=N–C) groups is 1. The third-order valence-corrected chi connectivity index (χ3v) is 4.37. The number of aliphatic hydroxyl groups is 1. The molecule has 0 aliphatic carbocycles. The molecule has 7 heteroatoms. The van der Waals surface area contributed by atoms with Crippen molar-refractivity contribution < 1.29 is 19.0 Å². The van der Waals surface area contributed by atoms with Gasteiger partial charge < -0.3 is 20.1 Å². The summed E-state index contributed by atoms with van der Waals surface area (Å²) in [6, 6.07) is 4.64. The zero-order valence-electron chi connectivity index (χ0n) is 15.5. The summed E-state index contributed by atoms with van der Waals surface area (Å²) in [6.07, 6.45) is 1.73. The second-order valence-electron chi connectivity index (χ2n) is 6.29. The van der Waals surface area contributed by atoms with Gasteiger partial charge in [-0.05, 0) is 44.4 Å². The first-order valence-corrected chi connectivity index (χ1v) is 9.17. The normalized spacial score (nSPS) is 17.9. The third kappa shape index (κ3) is 5.42. The molecule has 0 bridgehead atoms. The number of guanidine groups is 1. The Hall–Kier alpha value is -2.15. The highest BCUT2D eigenvalue weighted by atomic mass is 19.1. The summed E-state index contributed by atoms with van der Waals surface area (Å²) in [4.78, 5) is 18.7. The molecule has 0 saturated carbocycles. The van der Waals surface area contributed by atoms with Gasteiger partial charge in [0.1, 0.15) is 5.82 Å². The molecule has 1 aromatic carbocycles. The van der Waals surface area contributed by atoms with Crippen LogP contribution in [0.5, 0.6) is 0 Å². The van der Waals surface area contributed by atoms with E-state index >= 15 is 0 Å². The molecule has 1 atom stereocenters. The van der Waals surface area contributed by atoms with Crippen LogP contribution in [0.4, 0.5) is 4.39 Å². The van der Waals surface area contributed by atoms with Crippen LogP contribution in [0.15, 0.2) is 23.2 Å². The fourth-order valence-electron chi connectivity index (χ4n) is 3.06. The van der Waals surface area contributed by atoms with E-state index in [1.165, 1.54) is 6.07 Å². The van der Waals surface area contributed by atoms with Crippen LogP contribution >= 0.6 is 0 Å². The van der Waals surface area contributed by atoms with Crippen LogP contribution in [0.3, 0.4) is 0 Å². The van der Waals surface area contributed by atoms with Crippen molar-refractivity contribution in [1.29, 1.82) is 0 Å². The number of nitrogens with zero attached hydrogens (tertiary/aromatic N) is 2. The summed E-state index contributed by atoms with van der Waals surface area (Å²) in [6.45, 7) is 6.35. The molecule has 26 heavy (non-hydrogen) atoms. The van der Waals surface area contributed by atoms with E-state index in [0.29, 0.717) is 26.2 Å². The second-order valence-corrected chi connectivity index (χ2v) is 6.29. The zero-order chi connectivity index (χ0) is 18.9. The number of hydrogen-bond donors (Lipinski definition) is 2. The van der Waals surface area contributed by atoms with Gasteiger partial charge in [0.15, 0.2) is 5.96 Å². The van der Waals surface area contributed by atoms with Crippen LogP contribution < -0.4 is 5.32 Å². The number of likely N-dealkylation sites (tertiary alicyclic amines) is 1. The van der Waals surface area contributed by atoms with Gasteiger partial charge >= 0.3 is 5.97 Å². The Morgan fingerprint density at radius 1 is 1.46 bits per heavy atom. The Morgan fingerprint density at radius 2 is 2.27 bits per heavy atom. The van der Waals surface area contributed by atoms with E-state index in [1.807, 2.05) is 13.8 Å². The van der Waals surface area contributed by atoms with Gasteiger partial charge in [-0.2, -0.15) is 0 Å². The topological polar surface area (TPSA) is 74.2 Å². The molecule has 2 rings (SSSR count). The predicted molar refractivity (Wildman–Crippen MR) is 98.1 cm³/mol. The van der Waals surface area contributed by atoms with Gasteiger partial charge in [-0.3, -0.25) is 4.79 Å². The van der Waals surface area contributed by atoms with Crippen molar-refractivity contribution >= 4 is 11.9 Å². The summed E-state index contributed by atoms with van der Waals surface area (Å²) >= 11 is 0. The molecule has 1 fully saturated rings. The summed E-state index contributed by atoms with van der Waals surface area (Å²) in [5.41, 5.74) is 1.09. The molecule has 6 nitrogen and oxygen atoms in total. The molecule has 1 unspecified atom stereocenters. The maximum Gasteiger partial charge on any atom is 0.310 e. The fraction of sp³-hybridized carbons (Fsp3) is 0.579. The van der Waals surface area contributed by atoms with Gasteiger partial charge in [0.05, 0.1) is 25.7 Å². The average molecular weight is 365 g/mol. The quantitative estimate of drug-likeness (QED) is 0.459. The predicted octanol–water partition coefficient (Wildman–Crippen LogP) is 2.06. The minimum Gasteiger partial charge on any atom is -0.466 e. The van der Waals surface area contributed by atoms with Crippen LogP contribution in [-0.2, 0) is 22.7 Å². The SMILES string of the molecule is CCNC(=NCc1ccc(F)c(CO)c1)N1CCCC(C(=O)OCC)C1. The van der Waals surface area contributed by atoms with Gasteiger partial charge in [0.25, 0.3) is 0 Å². The van der Waals surface area contributed by atoms with Crippen molar-refractivity contribution in [3.05, 3.63) is 35.1 Å². The van der Waals surface area contributed by atoms with Crippen molar-refractivity contribution in [3.8, 4) is 0 Å². The first-order valence-electron chi connectivity index (χ1n) is 9.17. The Balaban J connectivity index is 2.09. The highest BCUT2D eigenvalue weighted by Gasteiger charge is 2.28. The first-order chi connectivity index (χ1) is 12.6. The maximum absolute atomic E-state index is 13.5. The van der Waals surface area contributed by atoms with E-state index < -0.39 is 5.82 Å². The number of rotatable bonds is 6.